The molecule has 2 heterocycles. The van der Waals surface area contributed by atoms with Crippen molar-refractivity contribution >= 4 is 11.9 Å². The highest BCUT2D eigenvalue weighted by atomic mass is 19.4. The van der Waals surface area contributed by atoms with Gasteiger partial charge >= 0.3 is 6.18 Å². The summed E-state index contributed by atoms with van der Waals surface area (Å²) in [6.07, 6.45) is -3.69. The third-order valence-electron chi connectivity index (χ3n) is 2.36. The lowest BCUT2D eigenvalue weighted by Gasteiger charge is -2.09. The summed E-state index contributed by atoms with van der Waals surface area (Å²) >= 11 is 0. The molecule has 0 N–H and O–H groups in total. The first-order chi connectivity index (χ1) is 7.97. The van der Waals surface area contributed by atoms with Crippen molar-refractivity contribution in [3.05, 3.63) is 29.2 Å². The van der Waals surface area contributed by atoms with Crippen molar-refractivity contribution in [2.24, 2.45) is 0 Å². The van der Waals surface area contributed by atoms with E-state index in [4.69, 9.17) is 0 Å². The Morgan fingerprint density at radius 2 is 2.12 bits per heavy atom. The van der Waals surface area contributed by atoms with Crippen LogP contribution in [0.15, 0.2) is 12.1 Å². The molecule has 90 valence electrons. The third kappa shape index (κ3) is 1.88. The lowest BCUT2D eigenvalue weighted by atomic mass is 10.2. The van der Waals surface area contributed by atoms with Gasteiger partial charge in [0.05, 0.1) is 0 Å². The van der Waals surface area contributed by atoms with E-state index in [1.165, 1.54) is 6.07 Å². The minimum atomic E-state index is -4.53. The molecule has 0 saturated carbocycles. The van der Waals surface area contributed by atoms with Crippen LogP contribution in [0.1, 0.15) is 28.8 Å². The molecule has 0 amide bonds. The number of alkyl halides is 3. The molecule has 0 saturated heterocycles. The van der Waals surface area contributed by atoms with Crippen LogP contribution in [0.4, 0.5) is 13.2 Å². The summed E-state index contributed by atoms with van der Waals surface area (Å²) in [5, 5.41) is 3.52. The minimum Gasteiger partial charge on any atom is -0.294 e. The number of pyridine rings is 1. The Hall–Kier alpha value is -1.92. The maximum Gasteiger partial charge on any atom is 0.433 e. The van der Waals surface area contributed by atoms with Gasteiger partial charge in [0.1, 0.15) is 5.69 Å². The number of carbonyl (C=O) groups is 1. The molecule has 2 aromatic heterocycles. The Balaban J connectivity index is 2.80. The van der Waals surface area contributed by atoms with Crippen LogP contribution >= 0.6 is 0 Å². The van der Waals surface area contributed by atoms with Gasteiger partial charge in [-0.25, -0.2) is 9.50 Å². The van der Waals surface area contributed by atoms with Gasteiger partial charge in [-0.2, -0.15) is 13.2 Å². The summed E-state index contributed by atoms with van der Waals surface area (Å²) in [5.41, 5.74) is -0.256. The number of rotatable bonds is 2. The predicted octanol–water partition coefficient (Wildman–Crippen LogP) is 2.12. The maximum atomic E-state index is 12.7. The maximum absolute atomic E-state index is 12.7. The van der Waals surface area contributed by atoms with Gasteiger partial charge in [0.2, 0.25) is 5.82 Å². The molecular formula is C10H8F3N3O. The third-order valence-corrected chi connectivity index (χ3v) is 2.36. The first-order valence-corrected chi connectivity index (χ1v) is 4.88. The Labute approximate surface area is 94.1 Å². The van der Waals surface area contributed by atoms with Crippen LogP contribution in [0, 0.1) is 0 Å². The van der Waals surface area contributed by atoms with E-state index >= 15 is 0 Å². The number of aryl methyl sites for hydroxylation is 1. The summed E-state index contributed by atoms with van der Waals surface area (Å²) in [6, 6.07) is 2.29. The second-order valence-corrected chi connectivity index (χ2v) is 3.42. The number of hydrogen-bond donors (Lipinski definition) is 0. The molecule has 0 aliphatic carbocycles. The van der Waals surface area contributed by atoms with Crippen molar-refractivity contribution < 1.29 is 18.0 Å². The molecule has 0 spiro atoms. The second-order valence-electron chi connectivity index (χ2n) is 3.42. The van der Waals surface area contributed by atoms with Crippen LogP contribution < -0.4 is 0 Å². The molecule has 7 heteroatoms. The first kappa shape index (κ1) is 11.6. The summed E-state index contributed by atoms with van der Waals surface area (Å²) < 4.78 is 38.7. The van der Waals surface area contributed by atoms with Crippen LogP contribution in [0.25, 0.3) is 5.65 Å². The molecule has 0 unspecified atom stereocenters. The lowest BCUT2D eigenvalue weighted by molar-refractivity contribution is -0.142. The van der Waals surface area contributed by atoms with Crippen molar-refractivity contribution in [1.29, 1.82) is 0 Å². The fourth-order valence-electron chi connectivity index (χ4n) is 1.57. The number of hydrogen-bond acceptors (Lipinski definition) is 3. The highest BCUT2D eigenvalue weighted by Crippen LogP contribution is 2.30. The Kier molecular flexibility index (Phi) is 2.60. The smallest absolute Gasteiger partial charge is 0.294 e. The number of nitrogens with zero attached hydrogens (tertiary/aromatic N) is 3. The van der Waals surface area contributed by atoms with Crippen molar-refractivity contribution in [2.45, 2.75) is 19.5 Å². The van der Waals surface area contributed by atoms with E-state index < -0.39 is 11.9 Å². The summed E-state index contributed by atoms with van der Waals surface area (Å²) in [6.45, 7) is 1.79. The lowest BCUT2D eigenvalue weighted by Crippen LogP contribution is -2.13. The molecule has 0 aliphatic rings. The number of carbonyl (C=O) groups excluding carboxylic acids is 1. The minimum absolute atomic E-state index is 0.0735. The Morgan fingerprint density at radius 3 is 2.65 bits per heavy atom. The van der Waals surface area contributed by atoms with E-state index in [2.05, 4.69) is 10.1 Å². The van der Waals surface area contributed by atoms with Crippen LogP contribution in [-0.4, -0.2) is 20.9 Å². The van der Waals surface area contributed by atoms with E-state index in [9.17, 15) is 18.0 Å². The monoisotopic (exact) mass is 243 g/mol. The quantitative estimate of drug-likeness (QED) is 0.759. The zero-order chi connectivity index (χ0) is 12.6. The molecule has 0 atom stereocenters. The molecule has 0 aromatic carbocycles. The van der Waals surface area contributed by atoms with Crippen LogP contribution in [0.5, 0.6) is 0 Å². The second kappa shape index (κ2) is 3.83. The Bertz CT molecular complexity index is 574. The number of halogens is 3. The highest BCUT2D eigenvalue weighted by Gasteiger charge is 2.34. The van der Waals surface area contributed by atoms with Crippen molar-refractivity contribution in [2.75, 3.05) is 0 Å². The zero-order valence-corrected chi connectivity index (χ0v) is 8.82. The largest absolute Gasteiger partial charge is 0.433 e. The summed E-state index contributed by atoms with van der Waals surface area (Å²) in [5.74, 6) is -0.253. The van der Waals surface area contributed by atoms with Gasteiger partial charge < -0.3 is 0 Å². The van der Waals surface area contributed by atoms with E-state index in [1.54, 1.807) is 6.92 Å². The molecule has 0 bridgehead atoms. The van der Waals surface area contributed by atoms with E-state index in [1.807, 2.05) is 0 Å². The van der Waals surface area contributed by atoms with Gasteiger partial charge in [-0.3, -0.25) is 4.79 Å². The van der Waals surface area contributed by atoms with Crippen LogP contribution in [0.2, 0.25) is 0 Å². The standard InChI is InChI=1S/C10H8F3N3O/c1-2-6-3-4-7(10(11,12)13)16-9(6)14-8(5-17)15-16/h3-5H,2H2,1H3. The normalized spacial score (nSPS) is 12.0. The molecule has 0 radical (unpaired) electrons. The van der Waals surface area contributed by atoms with Gasteiger partial charge in [-0.15, -0.1) is 5.10 Å². The molecule has 2 aromatic rings. The highest BCUT2D eigenvalue weighted by molar-refractivity contribution is 5.70. The van der Waals surface area contributed by atoms with Crippen LogP contribution in [0.3, 0.4) is 0 Å². The van der Waals surface area contributed by atoms with E-state index in [0.717, 1.165) is 6.07 Å². The van der Waals surface area contributed by atoms with E-state index in [-0.39, 0.29) is 11.5 Å². The van der Waals surface area contributed by atoms with E-state index in [0.29, 0.717) is 22.8 Å². The van der Waals surface area contributed by atoms with Gasteiger partial charge in [-0.05, 0) is 18.1 Å². The number of fused-ring (bicyclic) bond motifs is 1. The molecule has 2 rings (SSSR count). The summed E-state index contributed by atoms with van der Waals surface area (Å²) in [4.78, 5) is 14.3. The molecule has 4 nitrogen and oxygen atoms in total. The fourth-order valence-corrected chi connectivity index (χ4v) is 1.57. The predicted molar refractivity (Wildman–Crippen MR) is 52.8 cm³/mol. The molecular weight excluding hydrogens is 235 g/mol. The van der Waals surface area contributed by atoms with Crippen molar-refractivity contribution in [3.8, 4) is 0 Å². The van der Waals surface area contributed by atoms with Crippen molar-refractivity contribution in [1.82, 2.24) is 14.6 Å². The average Bonchev–Trinajstić information content (AvgIpc) is 2.69. The number of aldehydes is 1. The first-order valence-electron chi connectivity index (χ1n) is 4.88. The SMILES string of the molecule is CCc1ccc(C(F)(F)F)n2nc(C=O)nc12. The topological polar surface area (TPSA) is 47.3 Å². The molecule has 0 fully saturated rings. The Morgan fingerprint density at radius 1 is 1.41 bits per heavy atom. The van der Waals surface area contributed by atoms with Gasteiger partial charge in [0.15, 0.2) is 11.9 Å². The zero-order valence-electron chi connectivity index (χ0n) is 8.82. The number of aromatic nitrogens is 3. The van der Waals surface area contributed by atoms with Crippen molar-refractivity contribution in [3.63, 3.8) is 0 Å². The van der Waals surface area contributed by atoms with Gasteiger partial charge in [-0.1, -0.05) is 13.0 Å². The van der Waals surface area contributed by atoms with Gasteiger partial charge in [0, 0.05) is 0 Å². The van der Waals surface area contributed by atoms with Gasteiger partial charge in [0.25, 0.3) is 0 Å². The fraction of sp³-hybridized carbons (Fsp3) is 0.300. The van der Waals surface area contributed by atoms with Crippen LogP contribution in [-0.2, 0) is 12.6 Å². The average molecular weight is 243 g/mol. The summed E-state index contributed by atoms with van der Waals surface area (Å²) in [7, 11) is 0. The molecule has 17 heavy (non-hydrogen) atoms. The molecule has 0 aliphatic heterocycles.